The van der Waals surface area contributed by atoms with Gasteiger partial charge in [-0.2, -0.15) is 11.8 Å². The van der Waals surface area contributed by atoms with Crippen molar-refractivity contribution < 1.29 is 4.79 Å². The van der Waals surface area contributed by atoms with Crippen LogP contribution in [0.1, 0.15) is 26.7 Å². The number of hydrogen-bond donors (Lipinski definition) is 1. The minimum atomic E-state index is 0.276. The van der Waals surface area contributed by atoms with Gasteiger partial charge in [-0.05, 0) is 26.0 Å². The molecule has 3 nitrogen and oxygen atoms in total. The largest absolute Gasteiger partial charge is 0.343 e. The SMILES string of the molecule is CCN(CC)C(=O)CCNC1CCSC1. The van der Waals surface area contributed by atoms with E-state index in [9.17, 15) is 4.79 Å². The van der Waals surface area contributed by atoms with Gasteiger partial charge < -0.3 is 10.2 Å². The maximum atomic E-state index is 11.7. The Labute approximate surface area is 97.0 Å². The molecule has 1 aliphatic heterocycles. The summed E-state index contributed by atoms with van der Waals surface area (Å²) in [6.45, 7) is 6.55. The lowest BCUT2D eigenvalue weighted by Gasteiger charge is -2.19. The number of thioether (sulfide) groups is 1. The van der Waals surface area contributed by atoms with Crippen LogP contribution in [-0.2, 0) is 4.79 Å². The van der Waals surface area contributed by atoms with E-state index < -0.39 is 0 Å². The first-order valence-corrected chi connectivity index (χ1v) is 7.02. The lowest BCUT2D eigenvalue weighted by molar-refractivity contribution is -0.130. The van der Waals surface area contributed by atoms with Gasteiger partial charge in [0, 0.05) is 37.8 Å². The molecule has 0 aromatic heterocycles. The summed E-state index contributed by atoms with van der Waals surface area (Å²) in [5.41, 5.74) is 0. The van der Waals surface area contributed by atoms with Gasteiger partial charge in [0.15, 0.2) is 0 Å². The van der Waals surface area contributed by atoms with E-state index in [2.05, 4.69) is 5.32 Å². The normalized spacial score (nSPS) is 20.5. The van der Waals surface area contributed by atoms with Crippen LogP contribution < -0.4 is 5.32 Å². The molecule has 0 bridgehead atoms. The molecule has 0 radical (unpaired) electrons. The molecule has 1 atom stereocenters. The maximum Gasteiger partial charge on any atom is 0.223 e. The van der Waals surface area contributed by atoms with Crippen molar-refractivity contribution >= 4 is 17.7 Å². The molecule has 4 heteroatoms. The van der Waals surface area contributed by atoms with Gasteiger partial charge in [-0.15, -0.1) is 0 Å². The highest BCUT2D eigenvalue weighted by Gasteiger charge is 2.15. The van der Waals surface area contributed by atoms with Crippen LogP contribution in [0.25, 0.3) is 0 Å². The zero-order valence-electron chi connectivity index (χ0n) is 9.79. The fourth-order valence-electron chi connectivity index (χ4n) is 1.81. The summed E-state index contributed by atoms with van der Waals surface area (Å²) in [5.74, 6) is 2.75. The third kappa shape index (κ3) is 4.43. The topological polar surface area (TPSA) is 32.3 Å². The molecule has 1 rings (SSSR count). The van der Waals surface area contributed by atoms with E-state index in [1.807, 2.05) is 30.5 Å². The predicted molar refractivity (Wildman–Crippen MR) is 66.3 cm³/mol. The molecule has 1 fully saturated rings. The molecule has 88 valence electrons. The van der Waals surface area contributed by atoms with Crippen molar-refractivity contribution in [3.8, 4) is 0 Å². The molecule has 1 unspecified atom stereocenters. The van der Waals surface area contributed by atoms with Crippen LogP contribution in [0.5, 0.6) is 0 Å². The smallest absolute Gasteiger partial charge is 0.223 e. The lowest BCUT2D eigenvalue weighted by atomic mass is 10.2. The average molecular weight is 230 g/mol. The van der Waals surface area contributed by atoms with E-state index >= 15 is 0 Å². The van der Waals surface area contributed by atoms with Gasteiger partial charge in [-0.1, -0.05) is 0 Å². The van der Waals surface area contributed by atoms with Gasteiger partial charge >= 0.3 is 0 Å². The average Bonchev–Trinajstić information content (AvgIpc) is 2.72. The van der Waals surface area contributed by atoms with E-state index in [0.29, 0.717) is 12.5 Å². The van der Waals surface area contributed by atoms with Crippen LogP contribution in [0.4, 0.5) is 0 Å². The first kappa shape index (κ1) is 12.8. The predicted octanol–water partition coefficient (Wildman–Crippen LogP) is 1.34. The molecule has 0 spiro atoms. The Morgan fingerprint density at radius 3 is 2.73 bits per heavy atom. The van der Waals surface area contributed by atoms with E-state index in [0.717, 1.165) is 19.6 Å². The van der Waals surface area contributed by atoms with Gasteiger partial charge in [0.1, 0.15) is 0 Å². The molecular formula is C11H22N2OS. The fourth-order valence-corrected chi connectivity index (χ4v) is 3.00. The monoisotopic (exact) mass is 230 g/mol. The molecule has 1 heterocycles. The summed E-state index contributed by atoms with van der Waals surface area (Å²) in [6.07, 6.45) is 1.90. The molecule has 1 N–H and O–H groups in total. The van der Waals surface area contributed by atoms with E-state index in [1.165, 1.54) is 17.9 Å². The van der Waals surface area contributed by atoms with Gasteiger partial charge in [0.05, 0.1) is 0 Å². The first-order valence-electron chi connectivity index (χ1n) is 5.86. The van der Waals surface area contributed by atoms with Crippen molar-refractivity contribution in [3.05, 3.63) is 0 Å². The minimum absolute atomic E-state index is 0.276. The Morgan fingerprint density at radius 2 is 2.20 bits per heavy atom. The molecule has 0 aromatic carbocycles. The standard InChI is InChI=1S/C11H22N2OS/c1-3-13(4-2)11(14)5-7-12-10-6-8-15-9-10/h10,12H,3-9H2,1-2H3. The van der Waals surface area contributed by atoms with Gasteiger partial charge in [0.25, 0.3) is 0 Å². The van der Waals surface area contributed by atoms with Crippen LogP contribution in [0.3, 0.4) is 0 Å². The molecule has 1 aliphatic rings. The molecular weight excluding hydrogens is 208 g/mol. The second kappa shape index (κ2) is 7.12. The fraction of sp³-hybridized carbons (Fsp3) is 0.909. The zero-order chi connectivity index (χ0) is 11.1. The van der Waals surface area contributed by atoms with Crippen molar-refractivity contribution in [2.75, 3.05) is 31.1 Å². The van der Waals surface area contributed by atoms with Crippen molar-refractivity contribution in [2.45, 2.75) is 32.7 Å². The van der Waals surface area contributed by atoms with Crippen molar-refractivity contribution in [1.29, 1.82) is 0 Å². The van der Waals surface area contributed by atoms with Crippen LogP contribution in [-0.4, -0.2) is 48.0 Å². The molecule has 1 amide bonds. The van der Waals surface area contributed by atoms with Crippen LogP contribution >= 0.6 is 11.8 Å². The number of rotatable bonds is 6. The number of carbonyl (C=O) groups excluding carboxylic acids is 1. The Hall–Kier alpha value is -0.220. The Kier molecular flexibility index (Phi) is 6.10. The Bertz CT molecular complexity index is 189. The summed E-state index contributed by atoms with van der Waals surface area (Å²) in [6, 6.07) is 0.638. The number of nitrogens with one attached hydrogen (secondary N) is 1. The number of carbonyl (C=O) groups is 1. The highest BCUT2D eigenvalue weighted by molar-refractivity contribution is 7.99. The molecule has 0 saturated carbocycles. The number of nitrogens with zero attached hydrogens (tertiary/aromatic N) is 1. The first-order chi connectivity index (χ1) is 7.27. The van der Waals surface area contributed by atoms with E-state index in [4.69, 9.17) is 0 Å². The van der Waals surface area contributed by atoms with Crippen LogP contribution in [0.15, 0.2) is 0 Å². The molecule has 15 heavy (non-hydrogen) atoms. The Balaban J connectivity index is 2.10. The lowest BCUT2D eigenvalue weighted by Crippen LogP contribution is -2.35. The second-order valence-corrected chi connectivity index (χ2v) is 4.98. The van der Waals surface area contributed by atoms with E-state index in [1.54, 1.807) is 0 Å². The zero-order valence-corrected chi connectivity index (χ0v) is 10.6. The summed E-state index contributed by atoms with van der Waals surface area (Å²) in [7, 11) is 0. The number of amides is 1. The second-order valence-electron chi connectivity index (χ2n) is 3.83. The molecule has 0 aliphatic carbocycles. The Morgan fingerprint density at radius 1 is 1.47 bits per heavy atom. The number of hydrogen-bond acceptors (Lipinski definition) is 3. The molecule has 1 saturated heterocycles. The van der Waals surface area contributed by atoms with Gasteiger partial charge in [0.2, 0.25) is 5.91 Å². The van der Waals surface area contributed by atoms with Crippen molar-refractivity contribution in [1.82, 2.24) is 10.2 Å². The third-order valence-corrected chi connectivity index (χ3v) is 3.98. The maximum absolute atomic E-state index is 11.7. The highest BCUT2D eigenvalue weighted by atomic mass is 32.2. The quantitative estimate of drug-likeness (QED) is 0.747. The van der Waals surface area contributed by atoms with Gasteiger partial charge in [-0.25, -0.2) is 0 Å². The van der Waals surface area contributed by atoms with E-state index in [-0.39, 0.29) is 5.91 Å². The van der Waals surface area contributed by atoms with Crippen molar-refractivity contribution in [3.63, 3.8) is 0 Å². The third-order valence-electron chi connectivity index (χ3n) is 2.82. The summed E-state index contributed by atoms with van der Waals surface area (Å²) < 4.78 is 0. The summed E-state index contributed by atoms with van der Waals surface area (Å²) in [5, 5.41) is 3.45. The summed E-state index contributed by atoms with van der Waals surface area (Å²) >= 11 is 2.00. The van der Waals surface area contributed by atoms with Crippen LogP contribution in [0, 0.1) is 0 Å². The van der Waals surface area contributed by atoms with Gasteiger partial charge in [-0.3, -0.25) is 4.79 Å². The highest BCUT2D eigenvalue weighted by Crippen LogP contribution is 2.16. The summed E-state index contributed by atoms with van der Waals surface area (Å²) in [4.78, 5) is 13.6. The van der Waals surface area contributed by atoms with Crippen LogP contribution in [0.2, 0.25) is 0 Å². The van der Waals surface area contributed by atoms with Crippen molar-refractivity contribution in [2.24, 2.45) is 0 Å². The minimum Gasteiger partial charge on any atom is -0.343 e. The molecule has 0 aromatic rings.